The minimum Gasteiger partial charge on any atom is -0.349 e. The molecule has 0 radical (unpaired) electrons. The van der Waals surface area contributed by atoms with Crippen LogP contribution in [0.4, 0.5) is 17.3 Å². The summed E-state index contributed by atoms with van der Waals surface area (Å²) in [5.74, 6) is 6.15. The van der Waals surface area contributed by atoms with Crippen LogP contribution >= 0.6 is 11.3 Å². The molecule has 0 saturated heterocycles. The van der Waals surface area contributed by atoms with Crippen LogP contribution in [0.25, 0.3) is 0 Å². The number of pyridine rings is 1. The van der Waals surface area contributed by atoms with Crippen LogP contribution in [0, 0.1) is 10.1 Å². The zero-order chi connectivity index (χ0) is 15.4. The van der Waals surface area contributed by atoms with Crippen LogP contribution in [0.5, 0.6) is 0 Å². The molecule has 0 bridgehead atoms. The maximum atomic E-state index is 11.0. The quantitative estimate of drug-likeness (QED) is 0.484. The van der Waals surface area contributed by atoms with Gasteiger partial charge in [0.15, 0.2) is 0 Å². The molecule has 112 valence electrons. The van der Waals surface area contributed by atoms with Crippen LogP contribution < -0.4 is 16.2 Å². The van der Waals surface area contributed by atoms with Gasteiger partial charge in [0.2, 0.25) is 0 Å². The lowest BCUT2D eigenvalue weighted by atomic mass is 10.2. The van der Waals surface area contributed by atoms with Crippen LogP contribution in [0.1, 0.15) is 18.7 Å². The number of aromatic nitrogens is 1. The number of nitrogens with one attached hydrogen (secondary N) is 1. The third-order valence-corrected chi connectivity index (χ3v) is 3.84. The summed E-state index contributed by atoms with van der Waals surface area (Å²) in [6.07, 6.45) is 0. The first-order valence-corrected chi connectivity index (χ1v) is 7.31. The standard InChI is InChI=1S/C13H17N5O2S/c1-9(2)17(8-11-4-3-5-21-11)13-7-10(18(19)20)6-12(15-13)16-14/h3-7,9H,8,14H2,1-2H3,(H,15,16). The van der Waals surface area contributed by atoms with Gasteiger partial charge in [0.05, 0.1) is 23.6 Å². The van der Waals surface area contributed by atoms with E-state index in [1.54, 1.807) is 11.3 Å². The molecule has 2 aromatic heterocycles. The van der Waals surface area contributed by atoms with Crippen molar-refractivity contribution in [3.63, 3.8) is 0 Å². The van der Waals surface area contributed by atoms with Crippen molar-refractivity contribution in [1.29, 1.82) is 0 Å². The molecule has 0 aliphatic carbocycles. The van der Waals surface area contributed by atoms with Gasteiger partial charge in [0.25, 0.3) is 5.69 Å². The zero-order valence-electron chi connectivity index (χ0n) is 11.8. The van der Waals surface area contributed by atoms with Crippen molar-refractivity contribution in [1.82, 2.24) is 4.98 Å². The second-order valence-electron chi connectivity index (χ2n) is 4.77. The first-order chi connectivity index (χ1) is 10.0. The Morgan fingerprint density at radius 1 is 1.52 bits per heavy atom. The van der Waals surface area contributed by atoms with E-state index in [0.29, 0.717) is 12.4 Å². The van der Waals surface area contributed by atoms with Crippen molar-refractivity contribution >= 4 is 28.7 Å². The highest BCUT2D eigenvalue weighted by Gasteiger charge is 2.18. The summed E-state index contributed by atoms with van der Waals surface area (Å²) in [7, 11) is 0. The highest BCUT2D eigenvalue weighted by molar-refractivity contribution is 7.09. The van der Waals surface area contributed by atoms with Gasteiger partial charge in [-0.1, -0.05) is 6.07 Å². The molecule has 0 saturated carbocycles. The molecular weight excluding hydrogens is 290 g/mol. The van der Waals surface area contributed by atoms with Crippen LogP contribution in [-0.4, -0.2) is 15.9 Å². The monoisotopic (exact) mass is 307 g/mol. The Kier molecular flexibility index (Phi) is 4.71. The van der Waals surface area contributed by atoms with Crippen molar-refractivity contribution < 1.29 is 4.92 Å². The number of hydrogen-bond donors (Lipinski definition) is 2. The number of hydrazine groups is 1. The van der Waals surface area contributed by atoms with E-state index in [1.165, 1.54) is 17.0 Å². The Bertz CT molecular complexity index is 615. The van der Waals surface area contributed by atoms with Gasteiger partial charge in [0, 0.05) is 10.9 Å². The van der Waals surface area contributed by atoms with E-state index < -0.39 is 4.92 Å². The Labute approximate surface area is 126 Å². The number of hydrogen-bond acceptors (Lipinski definition) is 7. The predicted octanol–water partition coefficient (Wildman–Crippen LogP) is 2.75. The summed E-state index contributed by atoms with van der Waals surface area (Å²) in [6.45, 7) is 4.68. The highest BCUT2D eigenvalue weighted by Crippen LogP contribution is 2.26. The average Bonchev–Trinajstić information content (AvgIpc) is 2.96. The van der Waals surface area contributed by atoms with E-state index in [1.807, 2.05) is 36.3 Å². The lowest BCUT2D eigenvalue weighted by Gasteiger charge is -2.27. The van der Waals surface area contributed by atoms with Gasteiger partial charge in [0.1, 0.15) is 11.6 Å². The summed E-state index contributed by atoms with van der Waals surface area (Å²) in [5.41, 5.74) is 2.34. The first kappa shape index (κ1) is 15.2. The predicted molar refractivity (Wildman–Crippen MR) is 84.3 cm³/mol. The molecule has 0 amide bonds. The summed E-state index contributed by atoms with van der Waals surface area (Å²) in [4.78, 5) is 18.1. The van der Waals surface area contributed by atoms with Crippen LogP contribution in [0.15, 0.2) is 29.6 Å². The number of nitrogens with two attached hydrogens (primary N) is 1. The number of thiophene rings is 1. The smallest absolute Gasteiger partial charge is 0.276 e. The van der Waals surface area contributed by atoms with Crippen LogP contribution in [0.2, 0.25) is 0 Å². The van der Waals surface area contributed by atoms with Crippen LogP contribution in [0.3, 0.4) is 0 Å². The molecule has 0 fully saturated rings. The van der Waals surface area contributed by atoms with Gasteiger partial charge in [-0.3, -0.25) is 10.1 Å². The Balaban J connectivity index is 2.39. The summed E-state index contributed by atoms with van der Waals surface area (Å²) >= 11 is 1.64. The molecule has 2 heterocycles. The average molecular weight is 307 g/mol. The molecule has 8 heteroatoms. The lowest BCUT2D eigenvalue weighted by Crippen LogP contribution is -2.31. The summed E-state index contributed by atoms with van der Waals surface area (Å²) < 4.78 is 0. The van der Waals surface area contributed by atoms with Gasteiger partial charge in [-0.2, -0.15) is 0 Å². The molecular formula is C13H17N5O2S. The molecule has 0 spiro atoms. The number of nitrogens with zero attached hydrogens (tertiary/aromatic N) is 3. The number of nitrogen functional groups attached to an aromatic ring is 1. The fourth-order valence-corrected chi connectivity index (χ4v) is 2.63. The molecule has 2 aromatic rings. The van der Waals surface area contributed by atoms with Gasteiger partial charge in [-0.15, -0.1) is 11.3 Å². The fraction of sp³-hybridized carbons (Fsp3) is 0.308. The van der Waals surface area contributed by atoms with Crippen molar-refractivity contribution in [3.05, 3.63) is 44.6 Å². The van der Waals surface area contributed by atoms with E-state index in [2.05, 4.69) is 10.4 Å². The van der Waals surface area contributed by atoms with E-state index in [9.17, 15) is 10.1 Å². The van der Waals surface area contributed by atoms with Crippen molar-refractivity contribution in [3.8, 4) is 0 Å². The van der Waals surface area contributed by atoms with E-state index in [0.717, 1.165) is 0 Å². The molecule has 21 heavy (non-hydrogen) atoms. The second-order valence-corrected chi connectivity index (χ2v) is 5.80. The van der Waals surface area contributed by atoms with E-state index in [-0.39, 0.29) is 17.5 Å². The lowest BCUT2D eigenvalue weighted by molar-refractivity contribution is -0.384. The fourth-order valence-electron chi connectivity index (χ4n) is 1.93. The van der Waals surface area contributed by atoms with Crippen molar-refractivity contribution in [2.45, 2.75) is 26.4 Å². The Morgan fingerprint density at radius 2 is 2.29 bits per heavy atom. The SMILES string of the molecule is CC(C)N(Cc1cccs1)c1cc([N+](=O)[O-])cc(NN)n1. The minimum absolute atomic E-state index is 0.0372. The largest absolute Gasteiger partial charge is 0.349 e. The molecule has 2 rings (SSSR count). The van der Waals surface area contributed by atoms with Gasteiger partial charge in [-0.25, -0.2) is 10.8 Å². The topological polar surface area (TPSA) is 97.3 Å². The third kappa shape index (κ3) is 3.67. The number of nitro groups is 1. The molecule has 0 atom stereocenters. The van der Waals surface area contributed by atoms with Crippen molar-refractivity contribution in [2.75, 3.05) is 10.3 Å². The molecule has 3 N–H and O–H groups in total. The number of rotatable bonds is 6. The highest BCUT2D eigenvalue weighted by atomic mass is 32.1. The minimum atomic E-state index is -0.449. The molecule has 7 nitrogen and oxygen atoms in total. The molecule has 0 aromatic carbocycles. The van der Waals surface area contributed by atoms with Crippen LogP contribution in [-0.2, 0) is 6.54 Å². The molecule has 0 unspecified atom stereocenters. The third-order valence-electron chi connectivity index (χ3n) is 2.98. The number of anilines is 2. The van der Waals surface area contributed by atoms with E-state index >= 15 is 0 Å². The first-order valence-electron chi connectivity index (χ1n) is 6.43. The maximum Gasteiger partial charge on any atom is 0.276 e. The molecule has 0 aliphatic rings. The summed E-state index contributed by atoms with van der Waals surface area (Å²) in [5, 5.41) is 13.0. The van der Waals surface area contributed by atoms with Crippen molar-refractivity contribution in [2.24, 2.45) is 5.84 Å². The van der Waals surface area contributed by atoms with Gasteiger partial charge >= 0.3 is 0 Å². The maximum absolute atomic E-state index is 11.0. The zero-order valence-corrected chi connectivity index (χ0v) is 12.6. The van der Waals surface area contributed by atoms with Gasteiger partial charge in [-0.05, 0) is 25.3 Å². The summed E-state index contributed by atoms with van der Waals surface area (Å²) in [6, 6.07) is 6.93. The molecule has 0 aliphatic heterocycles. The Morgan fingerprint density at radius 3 is 2.81 bits per heavy atom. The normalized spacial score (nSPS) is 10.7. The van der Waals surface area contributed by atoms with E-state index in [4.69, 9.17) is 5.84 Å². The Hall–Kier alpha value is -2.19. The second kappa shape index (κ2) is 6.51. The van der Waals surface area contributed by atoms with Gasteiger partial charge < -0.3 is 10.3 Å².